The summed E-state index contributed by atoms with van der Waals surface area (Å²) < 4.78 is 12.2. The number of hydrogen-bond acceptors (Lipinski definition) is 3. The Labute approximate surface area is 127 Å². The third-order valence-electron chi connectivity index (χ3n) is 3.12. The highest BCUT2D eigenvalue weighted by atomic mass is 79.9. The summed E-state index contributed by atoms with van der Waals surface area (Å²) in [5.74, 6) is 0.864. The zero-order valence-corrected chi connectivity index (χ0v) is 13.4. The Morgan fingerprint density at radius 3 is 3.05 bits per heavy atom. The van der Waals surface area contributed by atoms with Gasteiger partial charge >= 0.3 is 0 Å². The number of benzene rings is 1. The van der Waals surface area contributed by atoms with Crippen LogP contribution in [0.1, 0.15) is 18.4 Å². The average Bonchev–Trinajstić information content (AvgIpc) is 2.84. The molecule has 0 saturated carbocycles. The predicted octanol–water partition coefficient (Wildman–Crippen LogP) is 3.56. The first-order valence-corrected chi connectivity index (χ1v) is 7.74. The molecule has 106 valence electrons. The summed E-state index contributed by atoms with van der Waals surface area (Å²) in [6.07, 6.45) is 2.72. The Balaban J connectivity index is 1.70. The van der Waals surface area contributed by atoms with Gasteiger partial charge in [-0.1, -0.05) is 11.6 Å². The topological polar surface area (TPSA) is 30.5 Å². The molecule has 0 bridgehead atoms. The Bertz CT molecular complexity index is 399. The minimum atomic E-state index is 0.379. The lowest BCUT2D eigenvalue weighted by Crippen LogP contribution is -2.29. The maximum Gasteiger partial charge on any atom is 0.136 e. The van der Waals surface area contributed by atoms with Gasteiger partial charge in [-0.2, -0.15) is 0 Å². The fourth-order valence-electron chi connectivity index (χ4n) is 2.17. The van der Waals surface area contributed by atoms with Gasteiger partial charge < -0.3 is 14.8 Å². The molecule has 1 saturated heterocycles. The number of aryl methyl sites for hydroxylation is 1. The number of halogens is 2. The number of hydrogen-bond donors (Lipinski definition) is 1. The largest absolute Gasteiger partial charge is 0.491 e. The van der Waals surface area contributed by atoms with Crippen molar-refractivity contribution in [1.29, 1.82) is 0 Å². The molecule has 1 heterocycles. The molecule has 0 aliphatic carbocycles. The van der Waals surface area contributed by atoms with Crippen LogP contribution in [-0.2, 0) is 4.74 Å². The van der Waals surface area contributed by atoms with E-state index >= 15 is 0 Å². The van der Waals surface area contributed by atoms with Gasteiger partial charge in [0, 0.05) is 24.7 Å². The quantitative estimate of drug-likeness (QED) is 0.797. The van der Waals surface area contributed by atoms with Crippen molar-refractivity contribution in [1.82, 2.24) is 5.32 Å². The van der Waals surface area contributed by atoms with Crippen LogP contribution in [0.5, 0.6) is 5.75 Å². The second-order valence-electron chi connectivity index (χ2n) is 4.72. The van der Waals surface area contributed by atoms with E-state index in [9.17, 15) is 0 Å². The van der Waals surface area contributed by atoms with Crippen molar-refractivity contribution in [2.75, 3.05) is 26.3 Å². The van der Waals surface area contributed by atoms with E-state index in [1.165, 1.54) is 6.42 Å². The lowest BCUT2D eigenvalue weighted by atomic mass is 10.2. The van der Waals surface area contributed by atoms with Gasteiger partial charge in [0.15, 0.2) is 0 Å². The summed E-state index contributed by atoms with van der Waals surface area (Å²) in [5.41, 5.74) is 1.04. The van der Waals surface area contributed by atoms with Gasteiger partial charge in [0.05, 0.1) is 10.6 Å². The van der Waals surface area contributed by atoms with Crippen LogP contribution in [0.3, 0.4) is 0 Å². The molecule has 1 atom stereocenters. The van der Waals surface area contributed by atoms with E-state index in [2.05, 4.69) is 21.2 Å². The van der Waals surface area contributed by atoms with Gasteiger partial charge in [0.1, 0.15) is 12.4 Å². The van der Waals surface area contributed by atoms with Crippen LogP contribution in [-0.4, -0.2) is 32.4 Å². The lowest BCUT2D eigenvalue weighted by molar-refractivity contribution is 0.109. The lowest BCUT2D eigenvalue weighted by Gasteiger charge is -2.13. The molecule has 0 spiro atoms. The summed E-state index contributed by atoms with van der Waals surface area (Å²) in [7, 11) is 0. The van der Waals surface area contributed by atoms with Crippen molar-refractivity contribution >= 4 is 27.5 Å². The smallest absolute Gasteiger partial charge is 0.136 e. The van der Waals surface area contributed by atoms with Gasteiger partial charge in [0.2, 0.25) is 0 Å². The highest BCUT2D eigenvalue weighted by Crippen LogP contribution is 2.31. The van der Waals surface area contributed by atoms with Gasteiger partial charge in [-0.3, -0.25) is 0 Å². The standard InChI is InChI=1S/C14H19BrClNO2/c1-10-7-11(16)8-13(15)14(10)19-6-4-17-9-12-3-2-5-18-12/h7-8,12,17H,2-6,9H2,1H3. The second-order valence-corrected chi connectivity index (χ2v) is 6.01. The Morgan fingerprint density at radius 1 is 1.53 bits per heavy atom. The number of nitrogens with one attached hydrogen (secondary N) is 1. The van der Waals surface area contributed by atoms with Crippen molar-refractivity contribution in [2.24, 2.45) is 0 Å². The summed E-state index contributed by atoms with van der Waals surface area (Å²) in [6, 6.07) is 3.76. The van der Waals surface area contributed by atoms with Gasteiger partial charge in [-0.15, -0.1) is 0 Å². The summed E-state index contributed by atoms with van der Waals surface area (Å²) in [5, 5.41) is 4.07. The molecule has 1 aliphatic heterocycles. The highest BCUT2D eigenvalue weighted by Gasteiger charge is 2.14. The first kappa shape index (κ1) is 15.1. The summed E-state index contributed by atoms with van der Waals surface area (Å²) >= 11 is 9.44. The molecule has 2 rings (SSSR count). The molecule has 0 radical (unpaired) electrons. The fraction of sp³-hybridized carbons (Fsp3) is 0.571. The molecule has 1 N–H and O–H groups in total. The second kappa shape index (κ2) is 7.48. The summed E-state index contributed by atoms with van der Waals surface area (Å²) in [6.45, 7) is 5.25. The molecule has 0 aromatic heterocycles. The van der Waals surface area contributed by atoms with Crippen LogP contribution in [0.4, 0.5) is 0 Å². The van der Waals surface area contributed by atoms with E-state index in [0.29, 0.717) is 17.7 Å². The molecule has 1 aromatic carbocycles. The van der Waals surface area contributed by atoms with Gasteiger partial charge in [-0.05, 0) is 53.4 Å². The molecular weight excluding hydrogens is 330 g/mol. The van der Waals surface area contributed by atoms with Crippen LogP contribution >= 0.6 is 27.5 Å². The number of ether oxygens (including phenoxy) is 2. The summed E-state index contributed by atoms with van der Waals surface area (Å²) in [4.78, 5) is 0. The molecule has 1 aliphatic rings. The SMILES string of the molecule is Cc1cc(Cl)cc(Br)c1OCCNCC1CCCO1. The van der Waals surface area contributed by atoms with E-state index in [4.69, 9.17) is 21.1 Å². The van der Waals surface area contributed by atoms with E-state index in [0.717, 1.165) is 41.9 Å². The molecule has 1 unspecified atom stereocenters. The average molecular weight is 349 g/mol. The first-order valence-electron chi connectivity index (χ1n) is 6.57. The van der Waals surface area contributed by atoms with Crippen molar-refractivity contribution in [3.8, 4) is 5.75 Å². The van der Waals surface area contributed by atoms with Crippen LogP contribution in [0, 0.1) is 6.92 Å². The van der Waals surface area contributed by atoms with Crippen LogP contribution in [0.2, 0.25) is 5.02 Å². The van der Waals surface area contributed by atoms with Crippen molar-refractivity contribution in [3.63, 3.8) is 0 Å². The molecule has 0 amide bonds. The van der Waals surface area contributed by atoms with E-state index in [1.54, 1.807) is 0 Å². The van der Waals surface area contributed by atoms with E-state index in [-0.39, 0.29) is 0 Å². The normalized spacial score (nSPS) is 18.8. The van der Waals surface area contributed by atoms with Crippen molar-refractivity contribution in [3.05, 3.63) is 27.2 Å². The van der Waals surface area contributed by atoms with E-state index < -0.39 is 0 Å². The molecule has 3 nitrogen and oxygen atoms in total. The Hall–Kier alpha value is -0.290. The van der Waals surface area contributed by atoms with Gasteiger partial charge in [-0.25, -0.2) is 0 Å². The molecule has 5 heteroatoms. The van der Waals surface area contributed by atoms with Crippen molar-refractivity contribution < 1.29 is 9.47 Å². The zero-order chi connectivity index (χ0) is 13.7. The number of rotatable bonds is 6. The third-order valence-corrected chi connectivity index (χ3v) is 3.92. The van der Waals surface area contributed by atoms with E-state index in [1.807, 2.05) is 19.1 Å². The monoisotopic (exact) mass is 347 g/mol. The third kappa shape index (κ3) is 4.63. The first-order chi connectivity index (χ1) is 9.16. The maximum atomic E-state index is 5.97. The van der Waals surface area contributed by atoms with Crippen molar-refractivity contribution in [2.45, 2.75) is 25.9 Å². The predicted molar refractivity (Wildman–Crippen MR) is 81.2 cm³/mol. The minimum Gasteiger partial charge on any atom is -0.491 e. The molecule has 1 aromatic rings. The molecule has 19 heavy (non-hydrogen) atoms. The zero-order valence-electron chi connectivity index (χ0n) is 11.0. The van der Waals surface area contributed by atoms with Gasteiger partial charge in [0.25, 0.3) is 0 Å². The highest BCUT2D eigenvalue weighted by molar-refractivity contribution is 9.10. The van der Waals surface area contributed by atoms with Crippen LogP contribution in [0.25, 0.3) is 0 Å². The minimum absolute atomic E-state index is 0.379. The molecule has 1 fully saturated rings. The Kier molecular flexibility index (Phi) is 5.95. The Morgan fingerprint density at radius 2 is 2.37 bits per heavy atom. The fourth-order valence-corrected chi connectivity index (χ4v) is 3.24. The van der Waals surface area contributed by atoms with Crippen LogP contribution in [0.15, 0.2) is 16.6 Å². The molecular formula is C14H19BrClNO2. The van der Waals surface area contributed by atoms with Crippen LogP contribution < -0.4 is 10.1 Å². The maximum absolute atomic E-state index is 5.97.